The molecule has 88 valence electrons. The summed E-state index contributed by atoms with van der Waals surface area (Å²) in [5.41, 5.74) is -0.747. The van der Waals surface area contributed by atoms with Crippen LogP contribution in [-0.4, -0.2) is 18.1 Å². The molecule has 7 heteroatoms. The number of nitrogens with zero attached hydrogens (tertiary/aromatic N) is 1. The smallest absolute Gasteiger partial charge is 0.338 e. The summed E-state index contributed by atoms with van der Waals surface area (Å²) >= 11 is 11.0. The molecule has 0 fully saturated rings. The SMILES string of the molecule is COC(=O)c1cc(Cl)nc(C(F)F)c1CCl. The van der Waals surface area contributed by atoms with Crippen LogP contribution in [0.2, 0.25) is 5.15 Å². The van der Waals surface area contributed by atoms with E-state index in [9.17, 15) is 13.6 Å². The molecular weight excluding hydrogens is 263 g/mol. The molecule has 0 N–H and O–H groups in total. The summed E-state index contributed by atoms with van der Waals surface area (Å²) in [5, 5.41) is -0.204. The van der Waals surface area contributed by atoms with Crippen LogP contribution in [0.4, 0.5) is 8.78 Å². The molecule has 0 aliphatic rings. The van der Waals surface area contributed by atoms with Gasteiger partial charge in [-0.15, -0.1) is 11.6 Å². The summed E-state index contributed by atoms with van der Waals surface area (Å²) in [4.78, 5) is 14.8. The Hall–Kier alpha value is -0.940. The van der Waals surface area contributed by atoms with Gasteiger partial charge in [0.2, 0.25) is 0 Å². The number of ether oxygens (including phenoxy) is 1. The average Bonchev–Trinajstić information content (AvgIpc) is 2.26. The highest BCUT2D eigenvalue weighted by Gasteiger charge is 2.22. The quantitative estimate of drug-likeness (QED) is 0.481. The number of methoxy groups -OCH3 is 1. The molecule has 1 aromatic rings. The maximum Gasteiger partial charge on any atom is 0.338 e. The molecule has 0 unspecified atom stereocenters. The van der Waals surface area contributed by atoms with Crippen molar-refractivity contribution in [3.05, 3.63) is 28.0 Å². The topological polar surface area (TPSA) is 39.2 Å². The number of esters is 1. The lowest BCUT2D eigenvalue weighted by Crippen LogP contribution is -2.09. The Labute approximate surface area is 100 Å². The van der Waals surface area contributed by atoms with E-state index in [2.05, 4.69) is 9.72 Å². The lowest BCUT2D eigenvalue weighted by Gasteiger charge is -2.10. The third kappa shape index (κ3) is 2.59. The molecule has 0 bridgehead atoms. The molecule has 0 aliphatic carbocycles. The van der Waals surface area contributed by atoms with Crippen molar-refractivity contribution in [1.82, 2.24) is 4.98 Å². The Balaban J connectivity index is 3.41. The molecule has 0 atom stereocenters. The van der Waals surface area contributed by atoms with Gasteiger partial charge in [0.05, 0.1) is 18.6 Å². The average molecular weight is 270 g/mol. The van der Waals surface area contributed by atoms with Crippen molar-refractivity contribution in [3.8, 4) is 0 Å². The summed E-state index contributed by atoms with van der Waals surface area (Å²) in [7, 11) is 1.14. The largest absolute Gasteiger partial charge is 0.465 e. The summed E-state index contributed by atoms with van der Waals surface area (Å²) in [6.45, 7) is 0. The molecule has 0 spiro atoms. The number of carbonyl (C=O) groups is 1. The first kappa shape index (κ1) is 13.1. The van der Waals surface area contributed by atoms with E-state index in [1.54, 1.807) is 0 Å². The van der Waals surface area contributed by atoms with Crippen LogP contribution in [0.15, 0.2) is 6.07 Å². The van der Waals surface area contributed by atoms with Gasteiger partial charge in [0, 0.05) is 5.56 Å². The molecule has 0 amide bonds. The summed E-state index contributed by atoms with van der Waals surface area (Å²) < 4.78 is 29.7. The second-order valence-corrected chi connectivity index (χ2v) is 3.44. The third-order valence-electron chi connectivity index (χ3n) is 1.87. The van der Waals surface area contributed by atoms with Crippen molar-refractivity contribution in [3.63, 3.8) is 0 Å². The minimum atomic E-state index is -2.85. The predicted molar refractivity (Wildman–Crippen MR) is 55.1 cm³/mol. The van der Waals surface area contributed by atoms with Crippen molar-refractivity contribution in [2.24, 2.45) is 0 Å². The van der Waals surface area contributed by atoms with Crippen LogP contribution in [0, 0.1) is 0 Å². The van der Waals surface area contributed by atoms with Gasteiger partial charge in [0.1, 0.15) is 10.8 Å². The lowest BCUT2D eigenvalue weighted by molar-refractivity contribution is 0.0599. The number of alkyl halides is 3. The van der Waals surface area contributed by atoms with E-state index in [0.717, 1.165) is 13.2 Å². The van der Waals surface area contributed by atoms with Gasteiger partial charge in [-0.05, 0) is 6.07 Å². The highest BCUT2D eigenvalue weighted by atomic mass is 35.5. The fourth-order valence-corrected chi connectivity index (χ4v) is 1.65. The van der Waals surface area contributed by atoms with Crippen LogP contribution in [-0.2, 0) is 10.6 Å². The first-order valence-electron chi connectivity index (χ1n) is 4.13. The second-order valence-electron chi connectivity index (χ2n) is 2.78. The van der Waals surface area contributed by atoms with Crippen LogP contribution in [0.1, 0.15) is 28.0 Å². The number of aromatic nitrogens is 1. The maximum absolute atomic E-state index is 12.6. The highest BCUT2D eigenvalue weighted by molar-refractivity contribution is 6.29. The predicted octanol–water partition coefficient (Wildman–Crippen LogP) is 3.20. The molecule has 16 heavy (non-hydrogen) atoms. The molecule has 0 saturated heterocycles. The van der Waals surface area contributed by atoms with Crippen molar-refractivity contribution in [2.45, 2.75) is 12.3 Å². The monoisotopic (exact) mass is 269 g/mol. The number of hydrogen-bond donors (Lipinski definition) is 0. The Bertz CT molecular complexity index is 413. The molecule has 0 radical (unpaired) electrons. The van der Waals surface area contributed by atoms with Crippen molar-refractivity contribution in [1.29, 1.82) is 0 Å². The maximum atomic E-state index is 12.6. The first-order chi connectivity index (χ1) is 7.51. The number of hydrogen-bond acceptors (Lipinski definition) is 3. The van der Waals surface area contributed by atoms with Crippen LogP contribution in [0.25, 0.3) is 0 Å². The molecule has 1 rings (SSSR count). The fraction of sp³-hybridized carbons (Fsp3) is 0.333. The zero-order valence-corrected chi connectivity index (χ0v) is 9.65. The zero-order valence-electron chi connectivity index (χ0n) is 8.14. The van der Waals surface area contributed by atoms with Crippen molar-refractivity contribution in [2.75, 3.05) is 7.11 Å². The van der Waals surface area contributed by atoms with Gasteiger partial charge < -0.3 is 4.74 Å². The van der Waals surface area contributed by atoms with Crippen LogP contribution in [0.5, 0.6) is 0 Å². The van der Waals surface area contributed by atoms with E-state index >= 15 is 0 Å². The number of rotatable bonds is 3. The van der Waals surface area contributed by atoms with E-state index in [0.29, 0.717) is 0 Å². The van der Waals surface area contributed by atoms with Crippen molar-refractivity contribution >= 4 is 29.2 Å². The molecule has 3 nitrogen and oxygen atoms in total. The van der Waals surface area contributed by atoms with E-state index in [1.165, 1.54) is 0 Å². The van der Waals surface area contributed by atoms with Crippen LogP contribution >= 0.6 is 23.2 Å². The fourth-order valence-electron chi connectivity index (χ4n) is 1.17. The van der Waals surface area contributed by atoms with Gasteiger partial charge in [-0.3, -0.25) is 0 Å². The minimum absolute atomic E-state index is 0.0621. The van der Waals surface area contributed by atoms with E-state index in [-0.39, 0.29) is 22.2 Å². The number of pyridine rings is 1. The minimum Gasteiger partial charge on any atom is -0.465 e. The van der Waals surface area contributed by atoms with E-state index < -0.39 is 18.1 Å². The normalized spacial score (nSPS) is 10.6. The Morgan fingerprint density at radius 2 is 2.25 bits per heavy atom. The summed E-state index contributed by atoms with van der Waals surface area (Å²) in [6, 6.07) is 1.15. The van der Waals surface area contributed by atoms with Gasteiger partial charge in [-0.25, -0.2) is 18.6 Å². The Morgan fingerprint density at radius 3 is 2.69 bits per heavy atom. The van der Waals surface area contributed by atoms with Gasteiger partial charge in [0.25, 0.3) is 6.43 Å². The molecule has 1 heterocycles. The van der Waals surface area contributed by atoms with Crippen LogP contribution < -0.4 is 0 Å². The van der Waals surface area contributed by atoms with Crippen LogP contribution in [0.3, 0.4) is 0 Å². The zero-order chi connectivity index (χ0) is 12.3. The summed E-state index contributed by atoms with van der Waals surface area (Å²) in [6.07, 6.45) is -2.85. The molecular formula is C9H7Cl2F2NO2. The van der Waals surface area contributed by atoms with Gasteiger partial charge in [-0.1, -0.05) is 11.6 Å². The number of halogens is 4. The lowest BCUT2D eigenvalue weighted by atomic mass is 10.1. The van der Waals surface area contributed by atoms with Gasteiger partial charge in [-0.2, -0.15) is 0 Å². The third-order valence-corrected chi connectivity index (χ3v) is 2.33. The van der Waals surface area contributed by atoms with Gasteiger partial charge >= 0.3 is 5.97 Å². The second kappa shape index (κ2) is 5.41. The highest BCUT2D eigenvalue weighted by Crippen LogP contribution is 2.27. The Morgan fingerprint density at radius 1 is 1.62 bits per heavy atom. The molecule has 0 saturated carbocycles. The van der Waals surface area contributed by atoms with Gasteiger partial charge in [0.15, 0.2) is 0 Å². The van der Waals surface area contributed by atoms with Crippen molar-refractivity contribution < 1.29 is 18.3 Å². The molecule has 0 aliphatic heterocycles. The molecule has 1 aromatic heterocycles. The molecule has 0 aromatic carbocycles. The van der Waals surface area contributed by atoms with E-state index in [1.807, 2.05) is 0 Å². The summed E-state index contributed by atoms with van der Waals surface area (Å²) in [5.74, 6) is -1.05. The van der Waals surface area contributed by atoms with E-state index in [4.69, 9.17) is 23.2 Å². The Kier molecular flexibility index (Phi) is 4.44. The standard InChI is InChI=1S/C9H7Cl2F2NO2/c1-16-9(15)4-2-6(11)14-7(8(12)13)5(4)3-10/h2,8H,3H2,1H3. The first-order valence-corrected chi connectivity index (χ1v) is 5.04. The number of carbonyl (C=O) groups excluding carboxylic acids is 1.